The summed E-state index contributed by atoms with van der Waals surface area (Å²) < 4.78 is 14.0. The summed E-state index contributed by atoms with van der Waals surface area (Å²) in [7, 11) is 0. The van der Waals surface area contributed by atoms with Gasteiger partial charge in [-0.25, -0.2) is 4.39 Å². The first-order chi connectivity index (χ1) is 8.14. The van der Waals surface area contributed by atoms with Crippen LogP contribution in [0.5, 0.6) is 0 Å². The summed E-state index contributed by atoms with van der Waals surface area (Å²) in [6.07, 6.45) is 0. The Hall–Kier alpha value is -1.23. The lowest BCUT2D eigenvalue weighted by molar-refractivity contribution is -0.123. The molecule has 0 aliphatic rings. The number of nitrogens with one attached hydrogen (secondary N) is 1. The minimum absolute atomic E-state index is 0.109. The van der Waals surface area contributed by atoms with Crippen molar-refractivity contribution in [2.45, 2.75) is 27.7 Å². The molecule has 0 radical (unpaired) electrons. The topological polar surface area (TPSA) is 46.2 Å². The average molecular weight is 316 g/mol. The molecule has 0 unspecified atom stereocenters. The fraction of sp³-hybridized carbons (Fsp3) is 0.385. The quantitative estimate of drug-likeness (QED) is 0.844. The molecule has 5 heteroatoms. The molecule has 0 fully saturated rings. The van der Waals surface area contributed by atoms with E-state index in [9.17, 15) is 14.0 Å². The lowest BCUT2D eigenvalue weighted by Crippen LogP contribution is -2.28. The van der Waals surface area contributed by atoms with E-state index in [1.165, 1.54) is 19.1 Å². The molecular formula is C13H15BrFNO2. The van der Waals surface area contributed by atoms with Crippen LogP contribution < -0.4 is 5.32 Å². The van der Waals surface area contributed by atoms with Crippen LogP contribution in [0.3, 0.4) is 0 Å². The third-order valence-corrected chi connectivity index (χ3v) is 2.99. The lowest BCUT2D eigenvalue weighted by Gasteiger charge is -2.19. The van der Waals surface area contributed by atoms with Crippen molar-refractivity contribution in [3.05, 3.63) is 28.0 Å². The zero-order chi connectivity index (χ0) is 14.1. The third-order valence-electron chi connectivity index (χ3n) is 2.38. The standard InChI is InChI=1S/C13H15BrFNO2/c1-7(17)10-9(6-5-8(14)11(10)15)16-12(18)13(2,3)4/h5-6H,1-4H3,(H,16,18). The van der Waals surface area contributed by atoms with Crippen LogP contribution in [0, 0.1) is 11.2 Å². The molecule has 0 atom stereocenters. The van der Waals surface area contributed by atoms with Crippen molar-refractivity contribution in [3.63, 3.8) is 0 Å². The van der Waals surface area contributed by atoms with E-state index in [2.05, 4.69) is 21.2 Å². The van der Waals surface area contributed by atoms with Crippen molar-refractivity contribution in [2.24, 2.45) is 5.41 Å². The minimum Gasteiger partial charge on any atom is -0.325 e. The first-order valence-electron chi connectivity index (χ1n) is 5.45. The van der Waals surface area contributed by atoms with Crippen molar-refractivity contribution in [1.82, 2.24) is 0 Å². The largest absolute Gasteiger partial charge is 0.325 e. The fourth-order valence-corrected chi connectivity index (χ4v) is 1.64. The van der Waals surface area contributed by atoms with Gasteiger partial charge in [0.2, 0.25) is 5.91 Å². The molecule has 3 nitrogen and oxygen atoms in total. The number of benzene rings is 1. The number of carbonyl (C=O) groups is 2. The van der Waals surface area contributed by atoms with E-state index >= 15 is 0 Å². The Morgan fingerprint density at radius 3 is 2.28 bits per heavy atom. The second-order valence-corrected chi connectivity index (χ2v) is 5.90. The highest BCUT2D eigenvalue weighted by atomic mass is 79.9. The van der Waals surface area contributed by atoms with Crippen LogP contribution in [0.4, 0.5) is 10.1 Å². The number of rotatable bonds is 2. The van der Waals surface area contributed by atoms with E-state index in [-0.39, 0.29) is 21.6 Å². The Kier molecular flexibility index (Phi) is 4.27. The molecule has 0 saturated carbocycles. The molecule has 1 amide bonds. The summed E-state index contributed by atoms with van der Waals surface area (Å²) in [6.45, 7) is 6.48. The Morgan fingerprint density at radius 1 is 1.28 bits per heavy atom. The maximum atomic E-state index is 13.8. The van der Waals surface area contributed by atoms with Gasteiger partial charge in [-0.05, 0) is 35.0 Å². The summed E-state index contributed by atoms with van der Waals surface area (Å²) in [6, 6.07) is 2.97. The Labute approximate surface area is 114 Å². The summed E-state index contributed by atoms with van der Waals surface area (Å²) in [5.41, 5.74) is -0.525. The van der Waals surface area contributed by atoms with Gasteiger partial charge in [0, 0.05) is 5.41 Å². The van der Waals surface area contributed by atoms with Crippen molar-refractivity contribution in [3.8, 4) is 0 Å². The van der Waals surface area contributed by atoms with Gasteiger partial charge in [-0.15, -0.1) is 0 Å². The molecule has 1 N–H and O–H groups in total. The van der Waals surface area contributed by atoms with Gasteiger partial charge in [0.05, 0.1) is 15.7 Å². The third kappa shape index (κ3) is 3.16. The molecule has 1 rings (SSSR count). The number of hydrogen-bond acceptors (Lipinski definition) is 2. The molecule has 0 heterocycles. The zero-order valence-electron chi connectivity index (χ0n) is 10.7. The van der Waals surface area contributed by atoms with E-state index in [1.54, 1.807) is 20.8 Å². The number of amides is 1. The monoisotopic (exact) mass is 315 g/mol. The molecule has 0 saturated heterocycles. The zero-order valence-corrected chi connectivity index (χ0v) is 12.3. The molecule has 0 spiro atoms. The van der Waals surface area contributed by atoms with Crippen LogP contribution in [0.15, 0.2) is 16.6 Å². The van der Waals surface area contributed by atoms with Gasteiger partial charge in [0.15, 0.2) is 5.78 Å². The van der Waals surface area contributed by atoms with Crippen LogP contribution in [0.25, 0.3) is 0 Å². The molecule has 0 bridgehead atoms. The predicted octanol–water partition coefficient (Wildman–Crippen LogP) is 3.78. The highest BCUT2D eigenvalue weighted by Crippen LogP contribution is 2.27. The lowest BCUT2D eigenvalue weighted by atomic mass is 9.95. The van der Waals surface area contributed by atoms with E-state index in [4.69, 9.17) is 0 Å². The van der Waals surface area contributed by atoms with Crippen LogP contribution in [0.2, 0.25) is 0 Å². The van der Waals surface area contributed by atoms with Gasteiger partial charge in [0.25, 0.3) is 0 Å². The highest BCUT2D eigenvalue weighted by Gasteiger charge is 2.24. The van der Waals surface area contributed by atoms with Crippen LogP contribution in [-0.2, 0) is 4.79 Å². The summed E-state index contributed by atoms with van der Waals surface area (Å²) >= 11 is 3.01. The van der Waals surface area contributed by atoms with Crippen molar-refractivity contribution < 1.29 is 14.0 Å². The van der Waals surface area contributed by atoms with Gasteiger partial charge in [0.1, 0.15) is 5.82 Å². The molecule has 0 aliphatic carbocycles. The van der Waals surface area contributed by atoms with E-state index in [1.807, 2.05) is 0 Å². The smallest absolute Gasteiger partial charge is 0.229 e. The number of ketones is 1. The minimum atomic E-state index is -0.658. The molecule has 1 aromatic rings. The molecular weight excluding hydrogens is 301 g/mol. The Bertz CT molecular complexity index is 506. The Balaban J connectivity index is 3.22. The van der Waals surface area contributed by atoms with E-state index in [0.717, 1.165) is 0 Å². The maximum absolute atomic E-state index is 13.8. The second-order valence-electron chi connectivity index (χ2n) is 5.04. The van der Waals surface area contributed by atoms with E-state index in [0.29, 0.717) is 0 Å². The summed E-state index contributed by atoms with van der Waals surface area (Å²) in [5, 5.41) is 2.58. The Morgan fingerprint density at radius 2 is 1.83 bits per heavy atom. The molecule has 18 heavy (non-hydrogen) atoms. The first kappa shape index (κ1) is 14.8. The average Bonchev–Trinajstić information content (AvgIpc) is 2.21. The normalized spacial score (nSPS) is 11.2. The van der Waals surface area contributed by atoms with Gasteiger partial charge >= 0.3 is 0 Å². The number of halogens is 2. The van der Waals surface area contributed by atoms with Gasteiger partial charge < -0.3 is 5.32 Å². The summed E-state index contributed by atoms with van der Waals surface area (Å²) in [4.78, 5) is 23.3. The van der Waals surface area contributed by atoms with Gasteiger partial charge in [-0.3, -0.25) is 9.59 Å². The second kappa shape index (κ2) is 5.18. The first-order valence-corrected chi connectivity index (χ1v) is 6.24. The van der Waals surface area contributed by atoms with E-state index < -0.39 is 17.0 Å². The number of carbonyl (C=O) groups excluding carboxylic acids is 2. The maximum Gasteiger partial charge on any atom is 0.229 e. The predicted molar refractivity (Wildman–Crippen MR) is 72.2 cm³/mol. The molecule has 0 aromatic heterocycles. The number of hydrogen-bond donors (Lipinski definition) is 1. The molecule has 0 aliphatic heterocycles. The van der Waals surface area contributed by atoms with Crippen LogP contribution in [-0.4, -0.2) is 11.7 Å². The molecule has 1 aromatic carbocycles. The SMILES string of the molecule is CC(=O)c1c(NC(=O)C(C)(C)C)ccc(Br)c1F. The van der Waals surface area contributed by atoms with Crippen molar-refractivity contribution in [1.29, 1.82) is 0 Å². The fourth-order valence-electron chi connectivity index (χ4n) is 1.31. The summed E-state index contributed by atoms with van der Waals surface area (Å²) in [5.74, 6) is -1.36. The highest BCUT2D eigenvalue weighted by molar-refractivity contribution is 9.10. The van der Waals surface area contributed by atoms with Gasteiger partial charge in [-0.1, -0.05) is 20.8 Å². The van der Waals surface area contributed by atoms with Crippen LogP contribution >= 0.6 is 15.9 Å². The van der Waals surface area contributed by atoms with Crippen molar-refractivity contribution in [2.75, 3.05) is 5.32 Å². The molecule has 98 valence electrons. The van der Waals surface area contributed by atoms with Crippen molar-refractivity contribution >= 4 is 33.3 Å². The number of anilines is 1. The number of Topliss-reactive ketones (excluding diaryl/α,β-unsaturated/α-hetero) is 1. The van der Waals surface area contributed by atoms with Crippen LogP contribution in [0.1, 0.15) is 38.1 Å². The van der Waals surface area contributed by atoms with Gasteiger partial charge in [-0.2, -0.15) is 0 Å².